The Morgan fingerprint density at radius 3 is 2.34 bits per heavy atom. The van der Waals surface area contributed by atoms with Crippen molar-refractivity contribution in [2.45, 2.75) is 52.1 Å². The molecule has 1 aliphatic heterocycles. The van der Waals surface area contributed by atoms with Crippen LogP contribution in [0.1, 0.15) is 55.5 Å². The molecule has 9 nitrogen and oxygen atoms in total. The van der Waals surface area contributed by atoms with Crippen LogP contribution >= 0.6 is 0 Å². The summed E-state index contributed by atoms with van der Waals surface area (Å²) in [4.78, 5) is 36.9. The van der Waals surface area contributed by atoms with E-state index in [1.807, 2.05) is 85.5 Å². The normalized spacial score (nSPS) is 12.1. The van der Waals surface area contributed by atoms with Gasteiger partial charge >= 0.3 is 12.1 Å². The average molecular weight is 562 g/mol. The van der Waals surface area contributed by atoms with E-state index in [0.717, 1.165) is 28.2 Å². The van der Waals surface area contributed by atoms with Crippen molar-refractivity contribution in [1.82, 2.24) is 4.90 Å². The molecule has 0 saturated heterocycles. The second-order valence-electron chi connectivity index (χ2n) is 10.0. The number of carbonyl (C=O) groups excluding carboxylic acids is 2. The molecule has 0 atom stereocenters. The molecule has 0 saturated carbocycles. The molecule has 1 aliphatic rings. The second kappa shape index (κ2) is 14.2. The van der Waals surface area contributed by atoms with Gasteiger partial charge in [0.25, 0.3) is 5.91 Å². The summed E-state index contributed by atoms with van der Waals surface area (Å²) in [6.45, 7) is 5.96. The summed E-state index contributed by atoms with van der Waals surface area (Å²) in [6.07, 6.45) is 0.420. The molecule has 1 heterocycles. The minimum atomic E-state index is -1.58. The number of amides is 1. The monoisotopic (exact) mass is 561 g/mol. The van der Waals surface area contributed by atoms with E-state index in [9.17, 15) is 14.4 Å². The fourth-order valence-corrected chi connectivity index (χ4v) is 4.50. The Morgan fingerprint density at radius 1 is 0.878 bits per heavy atom. The highest BCUT2D eigenvalue weighted by molar-refractivity contribution is 5.95. The van der Waals surface area contributed by atoms with E-state index >= 15 is 0 Å². The lowest BCUT2D eigenvalue weighted by molar-refractivity contribution is -0.139. The van der Waals surface area contributed by atoms with Crippen molar-refractivity contribution in [2.24, 2.45) is 0 Å². The first-order chi connectivity index (χ1) is 19.8. The Morgan fingerprint density at radius 2 is 1.61 bits per heavy atom. The van der Waals surface area contributed by atoms with Gasteiger partial charge in [0.1, 0.15) is 19.0 Å². The Bertz CT molecular complexity index is 1350. The minimum Gasteiger partial charge on any atom is -0.494 e. The maximum atomic E-state index is 13.5. The van der Waals surface area contributed by atoms with Crippen molar-refractivity contribution >= 4 is 18.0 Å². The highest BCUT2D eigenvalue weighted by Gasteiger charge is 2.20. The van der Waals surface area contributed by atoms with Gasteiger partial charge in [-0.2, -0.15) is 0 Å². The van der Waals surface area contributed by atoms with Crippen molar-refractivity contribution in [3.05, 3.63) is 77.9 Å². The van der Waals surface area contributed by atoms with Gasteiger partial charge in [0, 0.05) is 24.6 Å². The molecule has 216 valence electrons. The van der Waals surface area contributed by atoms with Crippen molar-refractivity contribution in [2.75, 3.05) is 19.8 Å². The lowest BCUT2D eigenvalue weighted by atomic mass is 10.0. The largest absolute Gasteiger partial charge is 0.513 e. The zero-order chi connectivity index (χ0) is 29.2. The fraction of sp³-hybridized carbons (Fsp3) is 0.344. The van der Waals surface area contributed by atoms with Crippen LogP contribution < -0.4 is 14.2 Å². The third-order valence-corrected chi connectivity index (χ3v) is 6.64. The Balaban J connectivity index is 1.31. The van der Waals surface area contributed by atoms with Gasteiger partial charge in [-0.1, -0.05) is 30.3 Å². The van der Waals surface area contributed by atoms with Crippen LogP contribution in [-0.4, -0.2) is 53.9 Å². The summed E-state index contributed by atoms with van der Waals surface area (Å²) in [5.74, 6) is 1.37. The van der Waals surface area contributed by atoms with Crippen LogP contribution in [0, 0.1) is 0 Å². The first kappa shape index (κ1) is 29.5. The lowest BCUT2D eigenvalue weighted by Crippen LogP contribution is -2.36. The first-order valence-corrected chi connectivity index (χ1v) is 13.8. The molecule has 0 radical (unpaired) electrons. The van der Waals surface area contributed by atoms with Gasteiger partial charge in [-0.05, 0) is 86.2 Å². The van der Waals surface area contributed by atoms with Gasteiger partial charge in [-0.25, -0.2) is 4.79 Å². The molecular formula is C32H35NO8. The number of hydrogen-bond donors (Lipinski definition) is 1. The standard InChI is InChI=1S/C32H35NO8/c1-22(2)33(21-23-7-6-8-27(19-23)38-16-5-3-4-9-30(34)41-32(36)37)31(35)25-12-10-24(11-13-25)26-14-15-28-29(20-26)40-18-17-39-28/h6-8,10-15,19-20,22H,3-5,9,16-18,21H2,1-2H3,(H,36,37). The van der Waals surface area contributed by atoms with E-state index in [-0.39, 0.29) is 18.4 Å². The van der Waals surface area contributed by atoms with Crippen molar-refractivity contribution in [1.29, 1.82) is 0 Å². The number of carbonyl (C=O) groups is 3. The summed E-state index contributed by atoms with van der Waals surface area (Å²) in [5.41, 5.74) is 3.54. The Hall–Kier alpha value is -4.53. The summed E-state index contributed by atoms with van der Waals surface area (Å²) in [6, 6.07) is 21.1. The predicted molar refractivity (Wildman–Crippen MR) is 152 cm³/mol. The second-order valence-corrected chi connectivity index (χ2v) is 10.0. The van der Waals surface area contributed by atoms with Gasteiger partial charge in [0.15, 0.2) is 11.5 Å². The highest BCUT2D eigenvalue weighted by atomic mass is 16.7. The van der Waals surface area contributed by atoms with Gasteiger partial charge in [-0.15, -0.1) is 0 Å². The smallest absolute Gasteiger partial charge is 0.494 e. The molecule has 3 aromatic carbocycles. The molecule has 1 N–H and O–H groups in total. The predicted octanol–water partition coefficient (Wildman–Crippen LogP) is 6.34. The molecule has 0 aliphatic carbocycles. The third-order valence-electron chi connectivity index (χ3n) is 6.64. The van der Waals surface area contributed by atoms with Crippen LogP contribution in [0.3, 0.4) is 0 Å². The highest BCUT2D eigenvalue weighted by Crippen LogP contribution is 2.34. The van der Waals surface area contributed by atoms with E-state index in [1.54, 1.807) is 0 Å². The first-order valence-electron chi connectivity index (χ1n) is 13.8. The summed E-state index contributed by atoms with van der Waals surface area (Å²) in [5, 5.41) is 8.43. The van der Waals surface area contributed by atoms with E-state index < -0.39 is 12.1 Å². The number of carboxylic acid groups (broad SMARTS) is 1. The molecule has 0 spiro atoms. The zero-order valence-corrected chi connectivity index (χ0v) is 23.3. The van der Waals surface area contributed by atoms with Crippen LogP contribution in [0.15, 0.2) is 66.7 Å². The number of ether oxygens (including phenoxy) is 4. The molecule has 9 heteroatoms. The molecule has 0 aromatic heterocycles. The van der Waals surface area contributed by atoms with Gasteiger partial charge in [-0.3, -0.25) is 9.59 Å². The molecule has 0 unspecified atom stereocenters. The minimum absolute atomic E-state index is 0.0163. The number of benzene rings is 3. The molecule has 0 bridgehead atoms. The molecule has 4 rings (SSSR count). The maximum Gasteiger partial charge on any atom is 0.513 e. The third kappa shape index (κ3) is 8.48. The van der Waals surface area contributed by atoms with Gasteiger partial charge in [0.05, 0.1) is 6.61 Å². The van der Waals surface area contributed by atoms with Crippen LogP contribution in [0.2, 0.25) is 0 Å². The number of hydrogen-bond acceptors (Lipinski definition) is 7. The molecule has 3 aromatic rings. The molecule has 0 fully saturated rings. The van der Waals surface area contributed by atoms with E-state index in [2.05, 4.69) is 4.74 Å². The molecule has 1 amide bonds. The van der Waals surface area contributed by atoms with Crippen molar-refractivity contribution in [3.63, 3.8) is 0 Å². The topological polar surface area (TPSA) is 112 Å². The van der Waals surface area contributed by atoms with E-state index in [4.69, 9.17) is 19.3 Å². The van der Waals surface area contributed by atoms with Crippen LogP contribution in [-0.2, 0) is 16.1 Å². The number of esters is 1. The van der Waals surface area contributed by atoms with Crippen molar-refractivity contribution in [3.8, 4) is 28.4 Å². The van der Waals surface area contributed by atoms with E-state index in [0.29, 0.717) is 56.9 Å². The average Bonchev–Trinajstić information content (AvgIpc) is 2.97. The van der Waals surface area contributed by atoms with Crippen LogP contribution in [0.25, 0.3) is 11.1 Å². The van der Waals surface area contributed by atoms with Gasteiger partial charge < -0.3 is 29.0 Å². The molecular weight excluding hydrogens is 526 g/mol. The number of nitrogens with zero attached hydrogens (tertiary/aromatic N) is 1. The summed E-state index contributed by atoms with van der Waals surface area (Å²) < 4.78 is 21.3. The quantitative estimate of drug-likeness (QED) is 0.155. The Kier molecular flexibility index (Phi) is 10.2. The zero-order valence-electron chi connectivity index (χ0n) is 23.3. The SMILES string of the molecule is CC(C)N(Cc1cccc(OCCCCCC(=O)OC(=O)O)c1)C(=O)c1ccc(-c2ccc3c(c2)OCCO3)cc1. The fourth-order valence-electron chi connectivity index (χ4n) is 4.50. The lowest BCUT2D eigenvalue weighted by Gasteiger charge is -2.27. The molecule has 41 heavy (non-hydrogen) atoms. The number of rotatable bonds is 12. The van der Waals surface area contributed by atoms with Crippen LogP contribution in [0.5, 0.6) is 17.2 Å². The number of unbranched alkanes of at least 4 members (excludes halogenated alkanes) is 2. The number of fused-ring (bicyclic) bond motifs is 1. The van der Waals surface area contributed by atoms with E-state index in [1.165, 1.54) is 0 Å². The Labute approximate surface area is 239 Å². The van der Waals surface area contributed by atoms with Crippen molar-refractivity contribution < 1.29 is 38.4 Å². The maximum absolute atomic E-state index is 13.5. The van der Waals surface area contributed by atoms with Gasteiger partial charge in [0.2, 0.25) is 0 Å². The summed E-state index contributed by atoms with van der Waals surface area (Å²) in [7, 11) is 0. The summed E-state index contributed by atoms with van der Waals surface area (Å²) >= 11 is 0. The van der Waals surface area contributed by atoms with Crippen LogP contribution in [0.4, 0.5) is 4.79 Å².